The lowest BCUT2D eigenvalue weighted by atomic mass is 9.77. The van der Waals surface area contributed by atoms with Crippen LogP contribution in [0.3, 0.4) is 0 Å². The van der Waals surface area contributed by atoms with Gasteiger partial charge in [-0.05, 0) is 12.3 Å². The Morgan fingerprint density at radius 3 is 2.17 bits per heavy atom. The van der Waals surface area contributed by atoms with Crippen molar-refractivity contribution in [1.82, 2.24) is 0 Å². The predicted molar refractivity (Wildman–Crippen MR) is 42.4 cm³/mol. The normalized spacial score (nSPS) is 49.2. The third-order valence-electron chi connectivity index (χ3n) is 2.67. The Kier molecular flexibility index (Phi) is 3.06. The maximum Gasteiger partial charge on any atom is 0.106 e. The van der Waals surface area contributed by atoms with Crippen LogP contribution >= 0.6 is 0 Å². The van der Waals surface area contributed by atoms with Crippen molar-refractivity contribution in [3.05, 3.63) is 0 Å². The fraction of sp³-hybridized carbons (Fsp3) is 1.00. The van der Waals surface area contributed by atoms with E-state index < -0.39 is 18.3 Å². The molecule has 0 aromatic heterocycles. The molecular formula is C8H16O4. The van der Waals surface area contributed by atoms with E-state index in [4.69, 9.17) is 5.11 Å². The summed E-state index contributed by atoms with van der Waals surface area (Å²) in [5.41, 5.74) is 0. The molecule has 12 heavy (non-hydrogen) atoms. The summed E-state index contributed by atoms with van der Waals surface area (Å²) < 4.78 is 0. The molecule has 0 aliphatic heterocycles. The Morgan fingerprint density at radius 2 is 1.67 bits per heavy atom. The van der Waals surface area contributed by atoms with Crippen molar-refractivity contribution in [3.63, 3.8) is 0 Å². The summed E-state index contributed by atoms with van der Waals surface area (Å²) in [6.45, 7) is 1.65. The molecule has 5 atom stereocenters. The maximum atomic E-state index is 9.36. The lowest BCUT2D eigenvalue weighted by Gasteiger charge is -2.38. The monoisotopic (exact) mass is 176 g/mol. The topological polar surface area (TPSA) is 80.9 Å². The van der Waals surface area contributed by atoms with Gasteiger partial charge in [0.15, 0.2) is 0 Å². The van der Waals surface area contributed by atoms with Gasteiger partial charge in [0, 0.05) is 12.5 Å². The van der Waals surface area contributed by atoms with Gasteiger partial charge < -0.3 is 20.4 Å². The van der Waals surface area contributed by atoms with Gasteiger partial charge in [-0.25, -0.2) is 0 Å². The highest BCUT2D eigenvalue weighted by atomic mass is 16.4. The molecule has 72 valence electrons. The minimum Gasteiger partial charge on any atom is -0.396 e. The van der Waals surface area contributed by atoms with Crippen molar-refractivity contribution in [3.8, 4) is 0 Å². The zero-order valence-corrected chi connectivity index (χ0v) is 7.09. The SMILES string of the molecule is CC1CC(CO)C(O)C(O)C1O. The number of hydrogen-bond acceptors (Lipinski definition) is 4. The summed E-state index contributed by atoms with van der Waals surface area (Å²) in [7, 11) is 0. The molecule has 0 aromatic carbocycles. The van der Waals surface area contributed by atoms with Crippen molar-refractivity contribution in [1.29, 1.82) is 0 Å². The summed E-state index contributed by atoms with van der Waals surface area (Å²) in [4.78, 5) is 0. The smallest absolute Gasteiger partial charge is 0.106 e. The highest BCUT2D eigenvalue weighted by Gasteiger charge is 2.40. The van der Waals surface area contributed by atoms with E-state index in [1.807, 2.05) is 0 Å². The molecule has 4 nitrogen and oxygen atoms in total. The molecule has 0 aromatic rings. The number of aliphatic hydroxyl groups is 4. The van der Waals surface area contributed by atoms with Gasteiger partial charge in [0.2, 0.25) is 0 Å². The summed E-state index contributed by atoms with van der Waals surface area (Å²) in [5, 5.41) is 36.8. The molecule has 1 aliphatic carbocycles. The van der Waals surface area contributed by atoms with Crippen molar-refractivity contribution < 1.29 is 20.4 Å². The van der Waals surface area contributed by atoms with Crippen LogP contribution in [0.2, 0.25) is 0 Å². The lowest BCUT2D eigenvalue weighted by Crippen LogP contribution is -2.51. The summed E-state index contributed by atoms with van der Waals surface area (Å²) in [6, 6.07) is 0. The van der Waals surface area contributed by atoms with Gasteiger partial charge in [-0.2, -0.15) is 0 Å². The molecule has 0 saturated heterocycles. The van der Waals surface area contributed by atoms with Gasteiger partial charge in [0.25, 0.3) is 0 Å². The van der Waals surface area contributed by atoms with Gasteiger partial charge >= 0.3 is 0 Å². The van der Waals surface area contributed by atoms with E-state index in [1.54, 1.807) is 6.92 Å². The Hall–Kier alpha value is -0.160. The van der Waals surface area contributed by atoms with E-state index in [0.717, 1.165) is 0 Å². The zero-order valence-electron chi connectivity index (χ0n) is 7.09. The minimum absolute atomic E-state index is 0.0689. The molecule has 5 unspecified atom stereocenters. The first-order valence-electron chi connectivity index (χ1n) is 4.23. The maximum absolute atomic E-state index is 9.36. The van der Waals surface area contributed by atoms with Gasteiger partial charge in [0.05, 0.1) is 12.2 Å². The predicted octanol–water partition coefficient (Wildman–Crippen LogP) is -1.28. The summed E-state index contributed by atoms with van der Waals surface area (Å²) in [5.74, 6) is -0.376. The second kappa shape index (κ2) is 3.70. The second-order valence-corrected chi connectivity index (χ2v) is 3.63. The van der Waals surface area contributed by atoms with Crippen LogP contribution in [0.1, 0.15) is 13.3 Å². The standard InChI is InChI=1S/C8H16O4/c1-4-2-5(3-9)7(11)8(12)6(4)10/h4-12H,2-3H2,1H3. The molecule has 1 rings (SSSR count). The van der Waals surface area contributed by atoms with E-state index in [9.17, 15) is 15.3 Å². The van der Waals surface area contributed by atoms with Gasteiger partial charge in [-0.15, -0.1) is 0 Å². The van der Waals surface area contributed by atoms with Crippen LogP contribution < -0.4 is 0 Å². The highest BCUT2D eigenvalue weighted by molar-refractivity contribution is 4.90. The Balaban J connectivity index is 2.63. The summed E-state index contributed by atoms with van der Waals surface area (Å²) >= 11 is 0. The van der Waals surface area contributed by atoms with E-state index >= 15 is 0 Å². The van der Waals surface area contributed by atoms with Crippen molar-refractivity contribution >= 4 is 0 Å². The molecule has 4 N–H and O–H groups in total. The zero-order chi connectivity index (χ0) is 9.30. The van der Waals surface area contributed by atoms with Crippen LogP contribution in [0, 0.1) is 11.8 Å². The molecule has 0 radical (unpaired) electrons. The molecule has 4 heteroatoms. The van der Waals surface area contributed by atoms with E-state index in [1.165, 1.54) is 0 Å². The Bertz CT molecular complexity index is 145. The number of aliphatic hydroxyl groups excluding tert-OH is 4. The van der Waals surface area contributed by atoms with Crippen LogP contribution in [0.5, 0.6) is 0 Å². The van der Waals surface area contributed by atoms with Crippen LogP contribution in [0.25, 0.3) is 0 Å². The van der Waals surface area contributed by atoms with E-state index in [-0.39, 0.29) is 18.4 Å². The van der Waals surface area contributed by atoms with Crippen molar-refractivity contribution in [2.75, 3.05) is 6.61 Å². The summed E-state index contributed by atoms with van der Waals surface area (Å²) in [6.07, 6.45) is -2.44. The van der Waals surface area contributed by atoms with Crippen LogP contribution in [0.4, 0.5) is 0 Å². The Morgan fingerprint density at radius 1 is 1.08 bits per heavy atom. The Labute approximate surface area is 71.5 Å². The number of rotatable bonds is 1. The van der Waals surface area contributed by atoms with Crippen LogP contribution in [-0.2, 0) is 0 Å². The van der Waals surface area contributed by atoms with E-state index in [2.05, 4.69) is 0 Å². The minimum atomic E-state index is -1.12. The first-order valence-corrected chi connectivity index (χ1v) is 4.23. The molecule has 1 aliphatic rings. The first kappa shape index (κ1) is 9.92. The quantitative estimate of drug-likeness (QED) is 0.401. The molecule has 1 saturated carbocycles. The second-order valence-electron chi connectivity index (χ2n) is 3.63. The molecule has 0 heterocycles. The van der Waals surface area contributed by atoms with Crippen molar-refractivity contribution in [2.24, 2.45) is 11.8 Å². The largest absolute Gasteiger partial charge is 0.396 e. The average Bonchev–Trinajstić information content (AvgIpc) is 2.08. The van der Waals surface area contributed by atoms with E-state index in [0.29, 0.717) is 6.42 Å². The lowest BCUT2D eigenvalue weighted by molar-refractivity contribution is -0.138. The number of hydrogen-bond donors (Lipinski definition) is 4. The first-order chi connectivity index (χ1) is 5.57. The molecule has 0 amide bonds. The average molecular weight is 176 g/mol. The molecule has 0 spiro atoms. The van der Waals surface area contributed by atoms with Crippen molar-refractivity contribution in [2.45, 2.75) is 31.7 Å². The molecular weight excluding hydrogens is 160 g/mol. The highest BCUT2D eigenvalue weighted by Crippen LogP contribution is 2.29. The molecule has 1 fully saturated rings. The van der Waals surface area contributed by atoms with Crippen LogP contribution in [0.15, 0.2) is 0 Å². The van der Waals surface area contributed by atoms with Gasteiger partial charge in [-0.3, -0.25) is 0 Å². The van der Waals surface area contributed by atoms with Gasteiger partial charge in [-0.1, -0.05) is 6.92 Å². The third-order valence-corrected chi connectivity index (χ3v) is 2.67. The van der Waals surface area contributed by atoms with Crippen LogP contribution in [-0.4, -0.2) is 45.3 Å². The van der Waals surface area contributed by atoms with Gasteiger partial charge in [0.1, 0.15) is 6.10 Å². The molecule has 0 bridgehead atoms. The fourth-order valence-corrected chi connectivity index (χ4v) is 1.76. The fourth-order valence-electron chi connectivity index (χ4n) is 1.76. The third kappa shape index (κ3) is 1.61.